The van der Waals surface area contributed by atoms with Crippen LogP contribution >= 0.6 is 22.9 Å². The lowest BCUT2D eigenvalue weighted by molar-refractivity contribution is -0.125. The van der Waals surface area contributed by atoms with E-state index in [4.69, 9.17) is 11.6 Å². The molecule has 1 aromatic heterocycles. The third-order valence-corrected chi connectivity index (χ3v) is 3.54. The Bertz CT molecular complexity index is 524. The molecule has 0 fully saturated rings. The number of thiazole rings is 1. The molecule has 0 unspecified atom stereocenters. The van der Waals surface area contributed by atoms with E-state index in [9.17, 15) is 13.2 Å². The van der Waals surface area contributed by atoms with Crippen LogP contribution in [0.5, 0.6) is 0 Å². The first-order chi connectivity index (χ1) is 7.96. The molecule has 2 rings (SSSR count). The molecule has 0 saturated carbocycles. The molecule has 0 saturated heterocycles. The Hall–Kier alpha value is -0.850. The molecule has 7 heteroatoms. The maximum Gasteiger partial charge on any atom is 0.401 e. The first-order valence-corrected chi connectivity index (χ1v) is 5.96. The van der Waals surface area contributed by atoms with E-state index < -0.39 is 12.7 Å². The Labute approximate surface area is 104 Å². The predicted molar refractivity (Wildman–Crippen MR) is 62.4 cm³/mol. The topological polar surface area (TPSA) is 24.9 Å². The van der Waals surface area contributed by atoms with Crippen LogP contribution in [0.25, 0.3) is 10.2 Å². The molecule has 0 aliphatic carbocycles. The summed E-state index contributed by atoms with van der Waals surface area (Å²) in [7, 11) is 0. The second-order valence-electron chi connectivity index (χ2n) is 3.41. The fourth-order valence-corrected chi connectivity index (χ4v) is 2.57. The van der Waals surface area contributed by atoms with Gasteiger partial charge in [0, 0.05) is 6.54 Å². The minimum atomic E-state index is -4.20. The van der Waals surface area contributed by atoms with Gasteiger partial charge in [-0.3, -0.25) is 0 Å². The van der Waals surface area contributed by atoms with Gasteiger partial charge in [-0.1, -0.05) is 17.7 Å². The molecular formula is C10H8ClF3N2S. The van der Waals surface area contributed by atoms with Gasteiger partial charge in [0.2, 0.25) is 0 Å². The molecule has 0 amide bonds. The van der Waals surface area contributed by atoms with Gasteiger partial charge in [0.05, 0.1) is 21.8 Å². The molecule has 0 aliphatic rings. The molecule has 17 heavy (non-hydrogen) atoms. The highest BCUT2D eigenvalue weighted by Crippen LogP contribution is 2.29. The number of rotatable bonds is 3. The van der Waals surface area contributed by atoms with Crippen molar-refractivity contribution in [1.82, 2.24) is 10.3 Å². The van der Waals surface area contributed by atoms with E-state index in [1.165, 1.54) is 11.3 Å². The zero-order valence-electron chi connectivity index (χ0n) is 8.51. The fourth-order valence-electron chi connectivity index (χ4n) is 1.35. The van der Waals surface area contributed by atoms with E-state index in [2.05, 4.69) is 10.3 Å². The average molecular weight is 281 g/mol. The largest absolute Gasteiger partial charge is 0.401 e. The predicted octanol–water partition coefficient (Wildman–Crippen LogP) is 3.60. The molecule has 0 spiro atoms. The van der Waals surface area contributed by atoms with Crippen LogP contribution in [0.4, 0.5) is 13.2 Å². The Morgan fingerprint density at radius 3 is 2.76 bits per heavy atom. The first-order valence-electron chi connectivity index (χ1n) is 4.77. The average Bonchev–Trinajstić information content (AvgIpc) is 2.60. The Morgan fingerprint density at radius 1 is 1.35 bits per heavy atom. The summed E-state index contributed by atoms with van der Waals surface area (Å²) < 4.78 is 36.6. The van der Waals surface area contributed by atoms with Crippen LogP contribution < -0.4 is 5.32 Å². The van der Waals surface area contributed by atoms with Crippen molar-refractivity contribution < 1.29 is 13.2 Å². The fraction of sp³-hybridized carbons (Fsp3) is 0.300. The maximum atomic E-state index is 11.9. The molecule has 2 aromatic rings. The maximum absolute atomic E-state index is 11.9. The van der Waals surface area contributed by atoms with Crippen molar-refractivity contribution in [3.63, 3.8) is 0 Å². The van der Waals surface area contributed by atoms with Gasteiger partial charge < -0.3 is 5.32 Å². The lowest BCUT2D eigenvalue weighted by Gasteiger charge is -2.05. The second kappa shape index (κ2) is 4.80. The Balaban J connectivity index is 2.07. The highest BCUT2D eigenvalue weighted by molar-refractivity contribution is 7.19. The molecule has 1 heterocycles. The zero-order chi connectivity index (χ0) is 12.5. The summed E-state index contributed by atoms with van der Waals surface area (Å²) >= 11 is 7.25. The van der Waals surface area contributed by atoms with Gasteiger partial charge in [0.15, 0.2) is 0 Å². The van der Waals surface area contributed by atoms with Crippen molar-refractivity contribution in [3.8, 4) is 0 Å². The van der Waals surface area contributed by atoms with Gasteiger partial charge in [-0.2, -0.15) is 13.2 Å². The minimum absolute atomic E-state index is 0.0924. The minimum Gasteiger partial charge on any atom is -0.302 e. The van der Waals surface area contributed by atoms with Crippen LogP contribution in [0.3, 0.4) is 0 Å². The number of hydrogen-bond acceptors (Lipinski definition) is 3. The first kappa shape index (κ1) is 12.6. The molecule has 1 aromatic carbocycles. The lowest BCUT2D eigenvalue weighted by Crippen LogP contribution is -2.28. The molecule has 0 aliphatic heterocycles. The lowest BCUT2D eigenvalue weighted by atomic mass is 10.3. The summed E-state index contributed by atoms with van der Waals surface area (Å²) in [6.45, 7) is -0.925. The number of nitrogens with one attached hydrogen (secondary N) is 1. The van der Waals surface area contributed by atoms with Crippen molar-refractivity contribution >= 4 is 33.2 Å². The highest BCUT2D eigenvalue weighted by Gasteiger charge is 2.26. The van der Waals surface area contributed by atoms with Gasteiger partial charge in [-0.05, 0) is 12.1 Å². The SMILES string of the molecule is FC(F)(F)CNCc1nc2cccc(Cl)c2s1. The van der Waals surface area contributed by atoms with Gasteiger partial charge in [-0.15, -0.1) is 11.3 Å². The number of nitrogens with zero attached hydrogens (tertiary/aromatic N) is 1. The molecular weight excluding hydrogens is 273 g/mol. The molecule has 2 nitrogen and oxygen atoms in total. The highest BCUT2D eigenvalue weighted by atomic mass is 35.5. The third-order valence-electron chi connectivity index (χ3n) is 2.01. The van der Waals surface area contributed by atoms with E-state index in [0.29, 0.717) is 15.5 Å². The molecule has 0 radical (unpaired) electrons. The van der Waals surface area contributed by atoms with Crippen molar-refractivity contribution in [2.45, 2.75) is 12.7 Å². The van der Waals surface area contributed by atoms with Crippen LogP contribution in [-0.2, 0) is 6.54 Å². The quantitative estimate of drug-likeness (QED) is 0.929. The van der Waals surface area contributed by atoms with Crippen molar-refractivity contribution in [2.24, 2.45) is 0 Å². The number of benzene rings is 1. The molecule has 0 atom stereocenters. The smallest absolute Gasteiger partial charge is 0.302 e. The number of halogens is 4. The third kappa shape index (κ3) is 3.31. The molecule has 1 N–H and O–H groups in total. The summed E-state index contributed by atoms with van der Waals surface area (Å²) in [5.41, 5.74) is 0.714. The summed E-state index contributed by atoms with van der Waals surface area (Å²) in [6, 6.07) is 5.28. The van der Waals surface area contributed by atoms with Crippen LogP contribution in [0, 0.1) is 0 Å². The van der Waals surface area contributed by atoms with Gasteiger partial charge in [-0.25, -0.2) is 4.98 Å². The molecule has 92 valence electrons. The van der Waals surface area contributed by atoms with Crippen LogP contribution in [0.2, 0.25) is 5.02 Å². The van der Waals surface area contributed by atoms with E-state index in [0.717, 1.165) is 4.70 Å². The van der Waals surface area contributed by atoms with Crippen molar-refractivity contribution in [2.75, 3.05) is 6.54 Å². The Kier molecular flexibility index (Phi) is 3.56. The Morgan fingerprint density at radius 2 is 2.12 bits per heavy atom. The van der Waals surface area contributed by atoms with Gasteiger partial charge >= 0.3 is 6.18 Å². The second-order valence-corrected chi connectivity index (χ2v) is 4.91. The van der Waals surface area contributed by atoms with E-state index in [1.807, 2.05) is 0 Å². The van der Waals surface area contributed by atoms with Gasteiger partial charge in [0.25, 0.3) is 0 Å². The summed E-state index contributed by atoms with van der Waals surface area (Å²) in [4.78, 5) is 4.20. The standard InChI is InChI=1S/C10H8ClF3N2S/c11-6-2-1-3-7-9(6)17-8(16-7)4-15-5-10(12,13)14/h1-3,15H,4-5H2. The summed E-state index contributed by atoms with van der Waals surface area (Å²) in [6.07, 6.45) is -4.20. The zero-order valence-corrected chi connectivity index (χ0v) is 10.1. The van der Waals surface area contributed by atoms with Crippen molar-refractivity contribution in [3.05, 3.63) is 28.2 Å². The number of fused-ring (bicyclic) bond motifs is 1. The summed E-state index contributed by atoms with van der Waals surface area (Å²) in [5, 5.41) is 3.47. The van der Waals surface area contributed by atoms with E-state index in [1.54, 1.807) is 18.2 Å². The van der Waals surface area contributed by atoms with E-state index >= 15 is 0 Å². The molecule has 0 bridgehead atoms. The normalized spacial score (nSPS) is 12.2. The number of hydrogen-bond donors (Lipinski definition) is 1. The monoisotopic (exact) mass is 280 g/mol. The summed E-state index contributed by atoms with van der Waals surface area (Å²) in [5.74, 6) is 0. The van der Waals surface area contributed by atoms with Gasteiger partial charge in [0.1, 0.15) is 5.01 Å². The van der Waals surface area contributed by atoms with Crippen LogP contribution in [-0.4, -0.2) is 17.7 Å². The van der Waals surface area contributed by atoms with E-state index in [-0.39, 0.29) is 6.54 Å². The van der Waals surface area contributed by atoms with Crippen LogP contribution in [0.15, 0.2) is 18.2 Å². The number of alkyl halides is 3. The number of aromatic nitrogens is 1. The van der Waals surface area contributed by atoms with Crippen LogP contribution in [0.1, 0.15) is 5.01 Å². The van der Waals surface area contributed by atoms with Crippen molar-refractivity contribution in [1.29, 1.82) is 0 Å².